The van der Waals surface area contributed by atoms with Crippen molar-refractivity contribution in [3.63, 3.8) is 0 Å². The van der Waals surface area contributed by atoms with Crippen LogP contribution in [0.3, 0.4) is 0 Å². The molecule has 2 unspecified atom stereocenters. The third kappa shape index (κ3) is 4.28. The highest BCUT2D eigenvalue weighted by atomic mass is 16.2. The van der Waals surface area contributed by atoms with Crippen LogP contribution in [-0.4, -0.2) is 35.1 Å². The summed E-state index contributed by atoms with van der Waals surface area (Å²) in [6, 6.07) is 12.2. The third-order valence-corrected chi connectivity index (χ3v) is 6.36. The average Bonchev–Trinajstić information content (AvgIpc) is 3.01. The monoisotopic (exact) mass is 433 g/mol. The minimum absolute atomic E-state index is 0.0928. The Morgan fingerprint density at radius 3 is 2.28 bits per heavy atom. The molecule has 0 aromatic heterocycles. The Morgan fingerprint density at radius 2 is 1.62 bits per heavy atom. The molecule has 1 fully saturated rings. The lowest BCUT2D eigenvalue weighted by molar-refractivity contribution is -0.122. The number of benzene rings is 2. The second-order valence-electron chi connectivity index (χ2n) is 8.62. The van der Waals surface area contributed by atoms with Gasteiger partial charge in [0.2, 0.25) is 11.8 Å². The van der Waals surface area contributed by atoms with Crippen LogP contribution in [0.1, 0.15) is 58.9 Å². The van der Waals surface area contributed by atoms with E-state index in [0.29, 0.717) is 28.9 Å². The number of anilines is 2. The van der Waals surface area contributed by atoms with Gasteiger partial charge in [-0.15, -0.1) is 0 Å². The third-order valence-electron chi connectivity index (χ3n) is 6.36. The second kappa shape index (κ2) is 8.94. The van der Waals surface area contributed by atoms with E-state index in [0.717, 1.165) is 24.8 Å². The van der Waals surface area contributed by atoms with Crippen LogP contribution in [0.2, 0.25) is 0 Å². The maximum absolute atomic E-state index is 13.2. The number of amides is 4. The molecule has 7 heteroatoms. The van der Waals surface area contributed by atoms with Crippen LogP contribution in [-0.2, 0) is 9.59 Å². The predicted octanol–water partition coefficient (Wildman–Crippen LogP) is 3.99. The van der Waals surface area contributed by atoms with Crippen LogP contribution in [0.5, 0.6) is 0 Å². The molecule has 7 nitrogen and oxygen atoms in total. The number of carbonyl (C=O) groups is 4. The van der Waals surface area contributed by atoms with Gasteiger partial charge in [-0.1, -0.05) is 31.0 Å². The lowest BCUT2D eigenvalue weighted by Gasteiger charge is -2.33. The highest BCUT2D eigenvalue weighted by molar-refractivity contribution is 6.21. The van der Waals surface area contributed by atoms with E-state index in [1.54, 1.807) is 36.4 Å². The van der Waals surface area contributed by atoms with Gasteiger partial charge in [-0.2, -0.15) is 0 Å². The van der Waals surface area contributed by atoms with Gasteiger partial charge in [0.1, 0.15) is 0 Å². The number of imide groups is 1. The standard InChI is InChI=1S/C25H27N3O4/c1-15-11-12-18(26-16(2)29)13-22(15)27-23(30)19-8-4-3-7-17(19)14-28-24(31)20-9-5-6-10-21(20)25(28)32/h5-6,9-13,17,19H,3-4,7-8,14H2,1-2H3,(H,26,29)(H,27,30). The van der Waals surface area contributed by atoms with Crippen molar-refractivity contribution in [2.24, 2.45) is 11.8 Å². The molecule has 1 saturated carbocycles. The minimum Gasteiger partial charge on any atom is -0.326 e. The molecule has 2 aromatic carbocycles. The number of hydrogen-bond acceptors (Lipinski definition) is 4. The molecular formula is C25H27N3O4. The Balaban J connectivity index is 1.50. The van der Waals surface area contributed by atoms with E-state index < -0.39 is 0 Å². The SMILES string of the molecule is CC(=O)Nc1ccc(C)c(NC(=O)C2CCCCC2CN2C(=O)c3ccccc3C2=O)c1. The maximum Gasteiger partial charge on any atom is 0.261 e. The first-order valence-corrected chi connectivity index (χ1v) is 11.0. The number of nitrogens with zero attached hydrogens (tertiary/aromatic N) is 1. The topological polar surface area (TPSA) is 95.6 Å². The van der Waals surface area contributed by atoms with Crippen LogP contribution in [0.15, 0.2) is 42.5 Å². The van der Waals surface area contributed by atoms with Gasteiger partial charge in [-0.25, -0.2) is 0 Å². The number of fused-ring (bicyclic) bond motifs is 1. The molecule has 166 valence electrons. The Labute approximate surface area is 187 Å². The van der Waals surface area contributed by atoms with Crippen molar-refractivity contribution >= 4 is 35.0 Å². The summed E-state index contributed by atoms with van der Waals surface area (Å²) in [5.41, 5.74) is 3.01. The molecule has 0 spiro atoms. The van der Waals surface area contributed by atoms with Crippen molar-refractivity contribution in [3.8, 4) is 0 Å². The van der Waals surface area contributed by atoms with Crippen LogP contribution in [0, 0.1) is 18.8 Å². The van der Waals surface area contributed by atoms with E-state index in [-0.39, 0.29) is 42.0 Å². The van der Waals surface area contributed by atoms with Crippen molar-refractivity contribution in [2.45, 2.75) is 39.5 Å². The number of nitrogens with one attached hydrogen (secondary N) is 2. The summed E-state index contributed by atoms with van der Waals surface area (Å²) in [6.45, 7) is 3.57. The normalized spacial score (nSPS) is 20.1. The number of carbonyl (C=O) groups excluding carboxylic acids is 4. The Kier molecular flexibility index (Phi) is 6.08. The molecule has 0 saturated heterocycles. The first-order chi connectivity index (χ1) is 15.3. The molecule has 2 aliphatic rings. The largest absolute Gasteiger partial charge is 0.326 e. The number of aryl methyl sites for hydroxylation is 1. The molecule has 0 radical (unpaired) electrons. The van der Waals surface area contributed by atoms with Crippen LogP contribution < -0.4 is 10.6 Å². The molecule has 2 N–H and O–H groups in total. The van der Waals surface area contributed by atoms with Crippen molar-refractivity contribution in [2.75, 3.05) is 17.2 Å². The summed E-state index contributed by atoms with van der Waals surface area (Å²) in [5, 5.41) is 5.74. The summed E-state index contributed by atoms with van der Waals surface area (Å²) in [7, 11) is 0. The van der Waals surface area contributed by atoms with Crippen LogP contribution >= 0.6 is 0 Å². The fourth-order valence-electron chi connectivity index (χ4n) is 4.67. The van der Waals surface area contributed by atoms with E-state index in [1.165, 1.54) is 11.8 Å². The fraction of sp³-hybridized carbons (Fsp3) is 0.360. The van der Waals surface area contributed by atoms with Gasteiger partial charge in [-0.3, -0.25) is 24.1 Å². The lowest BCUT2D eigenvalue weighted by Crippen LogP contribution is -2.41. The smallest absolute Gasteiger partial charge is 0.261 e. The Morgan fingerprint density at radius 1 is 0.969 bits per heavy atom. The summed E-state index contributed by atoms with van der Waals surface area (Å²) >= 11 is 0. The van der Waals surface area contributed by atoms with Gasteiger partial charge in [0.25, 0.3) is 11.8 Å². The zero-order valence-electron chi connectivity index (χ0n) is 18.3. The number of hydrogen-bond donors (Lipinski definition) is 2. The molecule has 4 rings (SSSR count). The van der Waals surface area contributed by atoms with Gasteiger partial charge in [0.05, 0.1) is 11.1 Å². The summed E-state index contributed by atoms with van der Waals surface area (Å²) < 4.78 is 0. The van der Waals surface area contributed by atoms with Gasteiger partial charge in [-0.05, 0) is 55.5 Å². The molecular weight excluding hydrogens is 406 g/mol. The highest BCUT2D eigenvalue weighted by Gasteiger charge is 2.40. The van der Waals surface area contributed by atoms with Crippen molar-refractivity contribution < 1.29 is 19.2 Å². The van der Waals surface area contributed by atoms with E-state index in [4.69, 9.17) is 0 Å². The number of rotatable bonds is 5. The first kappa shape index (κ1) is 21.7. The van der Waals surface area contributed by atoms with Gasteiger partial charge < -0.3 is 10.6 Å². The zero-order chi connectivity index (χ0) is 22.8. The second-order valence-corrected chi connectivity index (χ2v) is 8.62. The van der Waals surface area contributed by atoms with Crippen LogP contribution in [0.25, 0.3) is 0 Å². The van der Waals surface area contributed by atoms with Crippen LogP contribution in [0.4, 0.5) is 11.4 Å². The fourth-order valence-corrected chi connectivity index (χ4v) is 4.67. The Bertz CT molecular complexity index is 1060. The van der Waals surface area contributed by atoms with E-state index in [1.807, 2.05) is 13.0 Å². The van der Waals surface area contributed by atoms with Gasteiger partial charge >= 0.3 is 0 Å². The van der Waals surface area contributed by atoms with E-state index in [2.05, 4.69) is 10.6 Å². The summed E-state index contributed by atoms with van der Waals surface area (Å²) in [5.74, 6) is -1.25. The highest BCUT2D eigenvalue weighted by Crippen LogP contribution is 2.34. The molecule has 2 aromatic rings. The molecule has 1 heterocycles. The predicted molar refractivity (Wildman–Crippen MR) is 121 cm³/mol. The summed E-state index contributed by atoms with van der Waals surface area (Å²) in [6.07, 6.45) is 3.40. The van der Waals surface area contributed by atoms with Crippen molar-refractivity contribution in [1.82, 2.24) is 4.90 Å². The lowest BCUT2D eigenvalue weighted by atomic mass is 9.78. The minimum atomic E-state index is -0.295. The molecule has 2 atom stereocenters. The zero-order valence-corrected chi connectivity index (χ0v) is 18.3. The molecule has 1 aliphatic carbocycles. The molecule has 32 heavy (non-hydrogen) atoms. The van der Waals surface area contributed by atoms with Crippen molar-refractivity contribution in [1.29, 1.82) is 0 Å². The van der Waals surface area contributed by atoms with Gasteiger partial charge in [0, 0.05) is 30.8 Å². The molecule has 1 aliphatic heterocycles. The molecule has 4 amide bonds. The molecule has 0 bridgehead atoms. The Hall–Kier alpha value is -3.48. The quantitative estimate of drug-likeness (QED) is 0.697. The van der Waals surface area contributed by atoms with E-state index in [9.17, 15) is 19.2 Å². The average molecular weight is 434 g/mol. The summed E-state index contributed by atoms with van der Waals surface area (Å²) in [4.78, 5) is 51.5. The van der Waals surface area contributed by atoms with Gasteiger partial charge in [0.15, 0.2) is 0 Å². The van der Waals surface area contributed by atoms with Crippen molar-refractivity contribution in [3.05, 3.63) is 59.2 Å². The maximum atomic E-state index is 13.2. The van der Waals surface area contributed by atoms with E-state index >= 15 is 0 Å². The first-order valence-electron chi connectivity index (χ1n) is 11.0.